The Hall–Kier alpha value is -3.07. The van der Waals surface area contributed by atoms with Gasteiger partial charge in [-0.3, -0.25) is 24.3 Å². The van der Waals surface area contributed by atoms with Gasteiger partial charge in [0, 0.05) is 23.1 Å². The summed E-state index contributed by atoms with van der Waals surface area (Å²) in [4.78, 5) is 39.9. The Labute approximate surface area is 158 Å². The second kappa shape index (κ2) is 7.67. The number of benzene rings is 1. The second-order valence-corrected chi connectivity index (χ2v) is 7.25. The summed E-state index contributed by atoms with van der Waals surface area (Å²) in [5.74, 6) is -0.295. The first-order valence-electron chi connectivity index (χ1n) is 8.24. The molecular weight excluding hydrogens is 370 g/mol. The van der Waals surface area contributed by atoms with Gasteiger partial charge in [-0.05, 0) is 23.6 Å². The Morgan fingerprint density at radius 3 is 2.67 bits per heavy atom. The number of rotatable bonds is 6. The molecule has 0 aliphatic carbocycles. The van der Waals surface area contributed by atoms with Crippen LogP contribution in [0.1, 0.15) is 13.8 Å². The van der Waals surface area contributed by atoms with Gasteiger partial charge in [-0.1, -0.05) is 13.8 Å². The zero-order valence-corrected chi connectivity index (χ0v) is 15.6. The minimum absolute atomic E-state index is 0.0262. The topological polar surface area (TPSA) is 104 Å². The summed E-state index contributed by atoms with van der Waals surface area (Å²) >= 11 is 1.30. The second-order valence-electron chi connectivity index (χ2n) is 6.39. The molecule has 3 rings (SSSR count). The highest BCUT2D eigenvalue weighted by atomic mass is 32.1. The van der Waals surface area contributed by atoms with Crippen molar-refractivity contribution < 1.29 is 14.5 Å². The van der Waals surface area contributed by atoms with Gasteiger partial charge in [0.1, 0.15) is 11.4 Å². The summed E-state index contributed by atoms with van der Waals surface area (Å²) in [6.07, 6.45) is 1.33. The van der Waals surface area contributed by atoms with Gasteiger partial charge in [0.15, 0.2) is 0 Å². The third-order valence-corrected chi connectivity index (χ3v) is 4.71. The Balaban J connectivity index is 1.95. The van der Waals surface area contributed by atoms with Crippen molar-refractivity contribution in [3.05, 3.63) is 56.4 Å². The van der Waals surface area contributed by atoms with Crippen molar-refractivity contribution in [2.75, 3.05) is 6.61 Å². The van der Waals surface area contributed by atoms with E-state index in [1.165, 1.54) is 34.4 Å². The smallest absolute Gasteiger partial charge is 0.326 e. The summed E-state index contributed by atoms with van der Waals surface area (Å²) < 4.78 is 6.33. The molecule has 2 aromatic heterocycles. The maximum atomic E-state index is 12.8. The fraction of sp³-hybridized carbons (Fsp3) is 0.278. The molecule has 0 saturated heterocycles. The molecule has 0 radical (unpaired) electrons. The van der Waals surface area contributed by atoms with Crippen LogP contribution < -0.4 is 5.56 Å². The van der Waals surface area contributed by atoms with Gasteiger partial charge in [-0.15, -0.1) is 11.3 Å². The molecule has 3 aromatic rings. The van der Waals surface area contributed by atoms with E-state index < -0.39 is 10.9 Å². The predicted octanol–water partition coefficient (Wildman–Crippen LogP) is 3.23. The molecule has 0 spiro atoms. The van der Waals surface area contributed by atoms with Crippen LogP contribution in [0.4, 0.5) is 5.69 Å². The van der Waals surface area contributed by atoms with Crippen molar-refractivity contribution in [1.82, 2.24) is 9.55 Å². The number of hydrogen-bond donors (Lipinski definition) is 0. The van der Waals surface area contributed by atoms with Crippen molar-refractivity contribution >= 4 is 33.2 Å². The number of esters is 1. The first kappa shape index (κ1) is 18.7. The van der Waals surface area contributed by atoms with E-state index >= 15 is 0 Å². The lowest BCUT2D eigenvalue weighted by atomic mass is 10.1. The number of aromatic nitrogens is 2. The van der Waals surface area contributed by atoms with Crippen LogP contribution in [0.2, 0.25) is 0 Å². The number of nitro benzene ring substituents is 1. The van der Waals surface area contributed by atoms with E-state index in [1.54, 1.807) is 17.5 Å². The highest BCUT2D eigenvalue weighted by Gasteiger charge is 2.16. The van der Waals surface area contributed by atoms with Crippen LogP contribution in [0.3, 0.4) is 0 Å². The summed E-state index contributed by atoms with van der Waals surface area (Å²) in [6.45, 7) is 3.92. The van der Waals surface area contributed by atoms with E-state index in [4.69, 9.17) is 4.74 Å². The van der Waals surface area contributed by atoms with E-state index in [-0.39, 0.29) is 30.3 Å². The molecular formula is C18H17N3O5S. The van der Waals surface area contributed by atoms with Crippen LogP contribution in [-0.2, 0) is 16.1 Å². The predicted molar refractivity (Wildman–Crippen MR) is 102 cm³/mol. The number of nitrogens with zero attached hydrogens (tertiary/aromatic N) is 3. The number of nitro groups is 1. The Morgan fingerprint density at radius 1 is 1.33 bits per heavy atom. The van der Waals surface area contributed by atoms with Gasteiger partial charge in [0.2, 0.25) is 0 Å². The highest BCUT2D eigenvalue weighted by molar-refractivity contribution is 7.17. The Kier molecular flexibility index (Phi) is 5.31. The van der Waals surface area contributed by atoms with Gasteiger partial charge in [-0.25, -0.2) is 4.98 Å². The lowest BCUT2D eigenvalue weighted by molar-refractivity contribution is -0.384. The molecule has 9 heteroatoms. The van der Waals surface area contributed by atoms with E-state index in [0.29, 0.717) is 21.3 Å². The molecule has 0 atom stereocenters. The molecule has 2 heterocycles. The molecule has 1 aromatic carbocycles. The number of thiophene rings is 1. The molecule has 0 aliphatic heterocycles. The first-order valence-corrected chi connectivity index (χ1v) is 9.12. The van der Waals surface area contributed by atoms with E-state index in [1.807, 2.05) is 13.8 Å². The number of carbonyl (C=O) groups is 1. The fourth-order valence-electron chi connectivity index (χ4n) is 2.50. The zero-order valence-electron chi connectivity index (χ0n) is 14.7. The summed E-state index contributed by atoms with van der Waals surface area (Å²) in [6, 6.07) is 5.95. The van der Waals surface area contributed by atoms with Crippen LogP contribution >= 0.6 is 11.3 Å². The van der Waals surface area contributed by atoms with E-state index in [0.717, 1.165) is 0 Å². The van der Waals surface area contributed by atoms with E-state index in [2.05, 4.69) is 4.98 Å². The minimum atomic E-state index is -0.501. The van der Waals surface area contributed by atoms with Crippen molar-refractivity contribution in [2.24, 2.45) is 5.92 Å². The van der Waals surface area contributed by atoms with Crippen LogP contribution in [0.5, 0.6) is 0 Å². The molecule has 8 nitrogen and oxygen atoms in total. The Morgan fingerprint density at radius 2 is 2.04 bits per heavy atom. The number of fused-ring (bicyclic) bond motifs is 1. The molecule has 0 unspecified atom stereocenters. The average Bonchev–Trinajstić information content (AvgIpc) is 3.07. The molecule has 0 fully saturated rings. The maximum absolute atomic E-state index is 12.8. The van der Waals surface area contributed by atoms with Crippen molar-refractivity contribution in [3.8, 4) is 11.1 Å². The lowest BCUT2D eigenvalue weighted by Gasteiger charge is -2.08. The molecule has 27 heavy (non-hydrogen) atoms. The Bertz CT molecular complexity index is 1050. The van der Waals surface area contributed by atoms with Crippen molar-refractivity contribution in [3.63, 3.8) is 0 Å². The zero-order chi connectivity index (χ0) is 19.6. The van der Waals surface area contributed by atoms with Crippen LogP contribution in [0.15, 0.2) is 40.8 Å². The van der Waals surface area contributed by atoms with Gasteiger partial charge in [0.05, 0.1) is 23.2 Å². The molecule has 0 N–H and O–H groups in total. The molecule has 0 bridgehead atoms. The monoisotopic (exact) mass is 387 g/mol. The maximum Gasteiger partial charge on any atom is 0.326 e. The van der Waals surface area contributed by atoms with E-state index in [9.17, 15) is 19.7 Å². The van der Waals surface area contributed by atoms with Gasteiger partial charge in [0.25, 0.3) is 11.2 Å². The molecule has 140 valence electrons. The molecule has 0 amide bonds. The van der Waals surface area contributed by atoms with Gasteiger partial charge in [-0.2, -0.15) is 0 Å². The summed E-state index contributed by atoms with van der Waals surface area (Å²) in [7, 11) is 0. The third kappa shape index (κ3) is 4.03. The fourth-order valence-corrected chi connectivity index (χ4v) is 3.41. The highest BCUT2D eigenvalue weighted by Crippen LogP contribution is 2.31. The summed E-state index contributed by atoms with van der Waals surface area (Å²) in [5.41, 5.74) is 0.927. The first-order chi connectivity index (χ1) is 12.9. The number of hydrogen-bond acceptors (Lipinski definition) is 7. The standard InChI is InChI=1S/C18H17N3O5S/c1-11(2)8-26-15(22)7-20-10-19-17-16(18(20)23)14(9-27-17)12-3-5-13(6-4-12)21(24)25/h3-6,9-11H,7-8H2,1-2H3. The number of non-ortho nitro benzene ring substituents is 1. The number of carbonyl (C=O) groups excluding carboxylic acids is 1. The van der Waals surface area contributed by atoms with Gasteiger partial charge >= 0.3 is 5.97 Å². The van der Waals surface area contributed by atoms with Crippen LogP contribution in [-0.4, -0.2) is 27.1 Å². The lowest BCUT2D eigenvalue weighted by Crippen LogP contribution is -2.26. The normalized spacial score (nSPS) is 11.1. The number of ether oxygens (including phenoxy) is 1. The molecule has 0 aliphatic rings. The van der Waals surface area contributed by atoms with Crippen LogP contribution in [0, 0.1) is 16.0 Å². The third-order valence-electron chi connectivity index (χ3n) is 3.83. The minimum Gasteiger partial charge on any atom is -0.464 e. The van der Waals surface area contributed by atoms with Crippen LogP contribution in [0.25, 0.3) is 21.3 Å². The largest absolute Gasteiger partial charge is 0.464 e. The van der Waals surface area contributed by atoms with Crippen molar-refractivity contribution in [1.29, 1.82) is 0 Å². The van der Waals surface area contributed by atoms with Crippen molar-refractivity contribution in [2.45, 2.75) is 20.4 Å². The SMILES string of the molecule is CC(C)COC(=O)Cn1cnc2scc(-c3ccc([N+](=O)[O-])cc3)c2c1=O. The average molecular weight is 387 g/mol. The quantitative estimate of drug-likeness (QED) is 0.365. The summed E-state index contributed by atoms with van der Waals surface area (Å²) in [5, 5.41) is 13.0. The molecule has 0 saturated carbocycles. The van der Waals surface area contributed by atoms with Gasteiger partial charge < -0.3 is 4.74 Å².